The van der Waals surface area contributed by atoms with Gasteiger partial charge in [0.1, 0.15) is 182 Å². The van der Waals surface area contributed by atoms with Gasteiger partial charge in [-0.3, -0.25) is 0 Å². The zero-order valence-electron chi connectivity index (χ0n) is 75.0. The number of carbonyl (C=O) groups excluding carboxylic acids is 12. The van der Waals surface area contributed by atoms with Crippen molar-refractivity contribution in [2.45, 2.75) is 0 Å². The van der Waals surface area contributed by atoms with Crippen LogP contribution in [0.5, 0.6) is 69.0 Å². The first-order valence-electron chi connectivity index (χ1n) is 42.8. The number of hydrogen-bond acceptors (Lipinski definition) is 38. The van der Waals surface area contributed by atoms with Gasteiger partial charge in [-0.15, -0.1) is 0 Å². The molecule has 0 unspecified atom stereocenters. The van der Waals surface area contributed by atoms with E-state index in [0.717, 1.165) is 36.4 Å². The molecule has 142 heavy (non-hydrogen) atoms. The molecule has 0 saturated carbocycles. The van der Waals surface area contributed by atoms with Crippen LogP contribution in [0.1, 0.15) is 124 Å². The number of rotatable bonds is 44. The minimum atomic E-state index is -1.96. The third-order valence-corrected chi connectivity index (χ3v) is 21.0. The van der Waals surface area contributed by atoms with Crippen molar-refractivity contribution in [1.82, 2.24) is 0 Å². The number of aromatic hydroxyl groups is 12. The van der Waals surface area contributed by atoms with E-state index in [0.29, 0.717) is 0 Å². The number of phenolic OH excluding ortho intramolecular Hbond substituents is 12. The first-order chi connectivity index (χ1) is 68.1. The fourth-order valence-electron chi connectivity index (χ4n) is 13.2. The second-order valence-corrected chi connectivity index (χ2v) is 32.3. The number of benzene rings is 12. The SMILES string of the molecule is O=C(OCC(COCC(COC(=O)c1cccc(O)c1)(COC(=O)c1cccc(O)c1)COC(=O)c1cccc(O)c1)(COC(=O)c1cccc(O)c1)COC(=O)c1cccc(O)c1)c1cccc(O)c1.O=C(OCC(COCC(COC(=O)c1ccccc1O)(COC(=O)c1ccccc1O)COC(=O)c1ccccc1O)(COC(=O)c1ccccc1O)COC(=O)c1ccccc1O)c1ccccc1O. The lowest BCUT2D eigenvalue weighted by molar-refractivity contribution is -0.113. The van der Waals surface area contributed by atoms with Crippen LogP contribution in [-0.2, 0) is 66.3 Å². The summed E-state index contributed by atoms with van der Waals surface area (Å²) >= 11 is 0. The van der Waals surface area contributed by atoms with Gasteiger partial charge >= 0.3 is 71.6 Å². The third kappa shape index (κ3) is 29.9. The van der Waals surface area contributed by atoms with Crippen molar-refractivity contribution in [1.29, 1.82) is 0 Å². The van der Waals surface area contributed by atoms with Crippen molar-refractivity contribution in [2.75, 3.05) is 106 Å². The van der Waals surface area contributed by atoms with Crippen molar-refractivity contribution in [3.05, 3.63) is 358 Å². The molecule has 0 saturated heterocycles. The number of phenols is 12. The monoisotopic (exact) mass is 1950 g/mol. The fraction of sp³-hybridized carbons (Fsp3) is 0.192. The lowest BCUT2D eigenvalue weighted by atomic mass is 9.90. The molecule has 12 aromatic rings. The van der Waals surface area contributed by atoms with Crippen LogP contribution in [0.2, 0.25) is 0 Å². The molecule has 12 aromatic carbocycles. The summed E-state index contributed by atoms with van der Waals surface area (Å²) in [6.07, 6.45) is 0. The molecule has 0 atom stereocenters. The van der Waals surface area contributed by atoms with E-state index in [9.17, 15) is 119 Å². The Balaban J connectivity index is 0.000000271. The number of ether oxygens (including phenoxy) is 14. The molecule has 0 aromatic heterocycles. The first-order valence-corrected chi connectivity index (χ1v) is 42.8. The van der Waals surface area contributed by atoms with Gasteiger partial charge in [0.05, 0.1) is 81.5 Å². The van der Waals surface area contributed by atoms with E-state index in [2.05, 4.69) is 0 Å². The molecule has 12 N–H and O–H groups in total. The molecule has 0 aliphatic heterocycles. The van der Waals surface area contributed by atoms with Crippen LogP contribution in [0.15, 0.2) is 291 Å². The predicted octanol–water partition coefficient (Wildman–Crippen LogP) is 12.7. The summed E-state index contributed by atoms with van der Waals surface area (Å²) in [4.78, 5) is 162. The largest absolute Gasteiger partial charge is 0.508 e. The van der Waals surface area contributed by atoms with Crippen molar-refractivity contribution >= 4 is 71.6 Å². The van der Waals surface area contributed by atoms with Gasteiger partial charge in [-0.1, -0.05) is 109 Å². The van der Waals surface area contributed by atoms with E-state index >= 15 is 0 Å². The summed E-state index contributed by atoms with van der Waals surface area (Å²) in [6, 6.07) is 63.1. The molecule has 0 heterocycles. The van der Waals surface area contributed by atoms with E-state index < -0.39 is 233 Å². The van der Waals surface area contributed by atoms with Gasteiger partial charge in [-0.2, -0.15) is 0 Å². The maximum absolute atomic E-state index is 13.5. The zero-order chi connectivity index (χ0) is 102. The minimum Gasteiger partial charge on any atom is -0.508 e. The van der Waals surface area contributed by atoms with Crippen LogP contribution in [0.25, 0.3) is 0 Å². The van der Waals surface area contributed by atoms with Crippen LogP contribution in [0.3, 0.4) is 0 Å². The van der Waals surface area contributed by atoms with Crippen molar-refractivity contribution in [3.63, 3.8) is 0 Å². The van der Waals surface area contributed by atoms with Crippen LogP contribution in [0.4, 0.5) is 0 Å². The number of hydrogen-bond donors (Lipinski definition) is 12. The van der Waals surface area contributed by atoms with Crippen molar-refractivity contribution in [2.24, 2.45) is 21.7 Å². The van der Waals surface area contributed by atoms with E-state index in [-0.39, 0.29) is 101 Å². The topological polar surface area (TPSA) is 577 Å². The zero-order valence-corrected chi connectivity index (χ0v) is 75.0. The minimum absolute atomic E-state index is 0.108. The van der Waals surface area contributed by atoms with Gasteiger partial charge in [-0.25, -0.2) is 57.5 Å². The van der Waals surface area contributed by atoms with Gasteiger partial charge < -0.3 is 128 Å². The van der Waals surface area contributed by atoms with E-state index in [1.165, 1.54) is 255 Å². The van der Waals surface area contributed by atoms with Gasteiger partial charge in [0.15, 0.2) is 0 Å². The van der Waals surface area contributed by atoms with Gasteiger partial charge in [0.2, 0.25) is 0 Å². The summed E-state index contributed by atoms with van der Waals surface area (Å²) < 4.78 is 80.7. The molecule has 0 fully saturated rings. The molecule has 0 bridgehead atoms. The molecule has 0 aliphatic rings. The summed E-state index contributed by atoms with van der Waals surface area (Å²) in [7, 11) is 0. The maximum atomic E-state index is 13.5. The van der Waals surface area contributed by atoms with Crippen molar-refractivity contribution < 1.29 is 185 Å². The highest BCUT2D eigenvalue weighted by molar-refractivity contribution is 5.97. The van der Waals surface area contributed by atoms with E-state index in [4.69, 9.17) is 66.3 Å². The maximum Gasteiger partial charge on any atom is 0.341 e. The Bertz CT molecular complexity index is 5540. The van der Waals surface area contributed by atoms with Crippen LogP contribution in [0, 0.1) is 21.7 Å². The van der Waals surface area contributed by atoms with Crippen molar-refractivity contribution in [3.8, 4) is 69.0 Å². The van der Waals surface area contributed by atoms with Crippen LogP contribution < -0.4 is 0 Å². The van der Waals surface area contributed by atoms with Gasteiger partial charge in [0.25, 0.3) is 0 Å². The predicted molar refractivity (Wildman–Crippen MR) is 492 cm³/mol. The normalized spacial score (nSPS) is 11.2. The highest BCUT2D eigenvalue weighted by Gasteiger charge is 2.45. The summed E-state index contributed by atoms with van der Waals surface area (Å²) in [5, 5.41) is 123. The Morgan fingerprint density at radius 2 is 0.282 bits per heavy atom. The lowest BCUT2D eigenvalue weighted by Crippen LogP contribution is -2.47. The highest BCUT2D eigenvalue weighted by Crippen LogP contribution is 2.35. The number of para-hydroxylation sites is 6. The lowest BCUT2D eigenvalue weighted by Gasteiger charge is -2.35. The molecule has 0 aliphatic carbocycles. The molecule has 12 rings (SSSR count). The summed E-state index contributed by atoms with van der Waals surface area (Å²) in [6.45, 7) is -12.3. The molecule has 736 valence electrons. The molecule has 0 amide bonds. The Labute approximate surface area is 807 Å². The summed E-state index contributed by atoms with van der Waals surface area (Å²) in [5.74, 6) is -16.9. The fourth-order valence-corrected chi connectivity index (χ4v) is 13.2. The van der Waals surface area contributed by atoms with Gasteiger partial charge in [0, 0.05) is 0 Å². The summed E-state index contributed by atoms with van der Waals surface area (Å²) in [5.41, 5.74) is -10.1. The van der Waals surface area contributed by atoms with E-state index in [1.54, 1.807) is 0 Å². The number of carbonyl (C=O) groups is 12. The molecule has 38 heteroatoms. The molecular formula is C104H92O38. The Morgan fingerprint density at radius 1 is 0.155 bits per heavy atom. The van der Waals surface area contributed by atoms with E-state index in [1.807, 2.05) is 0 Å². The Kier molecular flexibility index (Phi) is 36.4. The first kappa shape index (κ1) is 104. The second-order valence-electron chi connectivity index (χ2n) is 32.3. The average molecular weight is 1950 g/mol. The van der Waals surface area contributed by atoms with Gasteiger partial charge in [-0.05, 0) is 182 Å². The number of esters is 12. The molecular weight excluding hydrogens is 1860 g/mol. The molecule has 0 spiro atoms. The molecule has 38 nitrogen and oxygen atoms in total. The third-order valence-electron chi connectivity index (χ3n) is 21.0. The quantitative estimate of drug-likeness (QED) is 0.0125. The molecule has 0 radical (unpaired) electrons. The smallest absolute Gasteiger partial charge is 0.341 e. The van der Waals surface area contributed by atoms with Crippen LogP contribution >= 0.6 is 0 Å². The average Bonchev–Trinajstić information content (AvgIpc) is 0.820. The Hall–Kier alpha value is -18.2. The second kappa shape index (κ2) is 49.5. The Morgan fingerprint density at radius 3 is 0.408 bits per heavy atom. The standard InChI is InChI=1S/2C52H46O19/c53-39-13-1-7-33(19-39)45(59)66-27-51(28-67-46(60)34-8-2-14-40(54)20-34,29-68-47(61)35-9-3-15-41(55)21-35)25-65-26-52(30-69-48(62)36-10-4-16-42(56)22-36,31-70-49(63)37-11-5-17-43(57)23-37)32-71-50(64)38-12-6-18-44(58)24-38;53-39-19-7-1-13-33(39)45(59)66-27-51(28-67-46(60)34-14-2-8-20-40(34)54,29-68-47(61)35-15-3-9-21-41(35)55)25-65-26-52(30-69-48(62)36-16-4-10-22-42(36)56,31-70-49(63)37-17-5-11-23-43(37)57)32-71-50(64)38-18-6-12-24-44(38)58/h2*1-24,53-58H,25-32H2. The highest BCUT2D eigenvalue weighted by atomic mass is 16.6. The van der Waals surface area contributed by atoms with Crippen LogP contribution in [-0.4, -0.2) is 239 Å².